The van der Waals surface area contributed by atoms with E-state index in [0.717, 1.165) is 6.42 Å². The van der Waals surface area contributed by atoms with E-state index >= 15 is 0 Å². The maximum atomic E-state index is 12.2. The van der Waals surface area contributed by atoms with Crippen LogP contribution in [-0.4, -0.2) is 23.0 Å². The third kappa shape index (κ3) is 3.09. The van der Waals surface area contributed by atoms with Gasteiger partial charge >= 0.3 is 5.97 Å². The van der Waals surface area contributed by atoms with Gasteiger partial charge in [0.25, 0.3) is 5.91 Å². The van der Waals surface area contributed by atoms with Gasteiger partial charge in [-0.2, -0.15) is 0 Å². The molecule has 1 aromatic carbocycles. The highest BCUT2D eigenvalue weighted by molar-refractivity contribution is 5.94. The molecule has 2 saturated carbocycles. The van der Waals surface area contributed by atoms with Gasteiger partial charge in [-0.25, -0.2) is 0 Å². The van der Waals surface area contributed by atoms with Gasteiger partial charge in [-0.1, -0.05) is 18.6 Å². The van der Waals surface area contributed by atoms with E-state index in [-0.39, 0.29) is 17.9 Å². The first kappa shape index (κ1) is 14.1. The standard InChI is InChI=1S/C17H21NO3/c19-16(18-15-9-8-14(10-15)17(20)21)13-6-4-12(5-7-13)11-2-1-3-11/h4-7,11,14-15H,1-3,8-10H2,(H,18,19)(H,20,21)/t14-,15+/m1/s1. The molecule has 0 spiro atoms. The first-order chi connectivity index (χ1) is 10.1. The van der Waals surface area contributed by atoms with Crippen LogP contribution in [0.15, 0.2) is 24.3 Å². The molecule has 0 heterocycles. The van der Waals surface area contributed by atoms with Gasteiger partial charge in [0, 0.05) is 11.6 Å². The zero-order valence-corrected chi connectivity index (χ0v) is 12.0. The smallest absolute Gasteiger partial charge is 0.306 e. The fourth-order valence-corrected chi connectivity index (χ4v) is 3.25. The third-order valence-electron chi connectivity index (χ3n) is 4.87. The number of aliphatic carboxylic acids is 1. The highest BCUT2D eigenvalue weighted by Gasteiger charge is 2.30. The highest BCUT2D eigenvalue weighted by Crippen LogP contribution is 2.36. The topological polar surface area (TPSA) is 66.4 Å². The quantitative estimate of drug-likeness (QED) is 0.894. The summed E-state index contributed by atoms with van der Waals surface area (Å²) in [6.45, 7) is 0. The predicted octanol–water partition coefficient (Wildman–Crippen LogP) is 2.94. The summed E-state index contributed by atoms with van der Waals surface area (Å²) in [7, 11) is 0. The van der Waals surface area contributed by atoms with Crippen molar-refractivity contribution in [1.82, 2.24) is 5.32 Å². The number of rotatable bonds is 4. The Morgan fingerprint density at radius 2 is 1.76 bits per heavy atom. The van der Waals surface area contributed by atoms with Crippen molar-refractivity contribution in [2.75, 3.05) is 0 Å². The van der Waals surface area contributed by atoms with Crippen LogP contribution in [0, 0.1) is 5.92 Å². The molecule has 2 aliphatic carbocycles. The average molecular weight is 287 g/mol. The molecule has 2 aliphatic rings. The number of amides is 1. The molecule has 2 atom stereocenters. The van der Waals surface area contributed by atoms with Crippen LogP contribution in [0.4, 0.5) is 0 Å². The van der Waals surface area contributed by atoms with E-state index in [4.69, 9.17) is 5.11 Å². The van der Waals surface area contributed by atoms with Gasteiger partial charge in [-0.05, 0) is 55.7 Å². The number of carboxylic acid groups (broad SMARTS) is 1. The molecule has 0 radical (unpaired) electrons. The number of carboxylic acids is 1. The first-order valence-electron chi connectivity index (χ1n) is 7.77. The predicted molar refractivity (Wildman–Crippen MR) is 79.3 cm³/mol. The highest BCUT2D eigenvalue weighted by atomic mass is 16.4. The van der Waals surface area contributed by atoms with Gasteiger partial charge in [0.1, 0.15) is 0 Å². The molecule has 1 amide bonds. The summed E-state index contributed by atoms with van der Waals surface area (Å²) in [5, 5.41) is 11.9. The van der Waals surface area contributed by atoms with E-state index in [1.807, 2.05) is 24.3 Å². The molecule has 112 valence electrons. The Balaban J connectivity index is 1.56. The number of carbonyl (C=O) groups is 2. The molecule has 2 fully saturated rings. The lowest BCUT2D eigenvalue weighted by atomic mass is 9.80. The van der Waals surface area contributed by atoms with Crippen molar-refractivity contribution in [3.8, 4) is 0 Å². The Morgan fingerprint density at radius 1 is 1.05 bits per heavy atom. The van der Waals surface area contributed by atoms with E-state index in [2.05, 4.69) is 5.32 Å². The molecule has 2 N–H and O–H groups in total. The number of hydrogen-bond acceptors (Lipinski definition) is 2. The minimum absolute atomic E-state index is 0.00934. The second kappa shape index (κ2) is 5.88. The number of carbonyl (C=O) groups excluding carboxylic acids is 1. The fraction of sp³-hybridized carbons (Fsp3) is 0.529. The molecule has 0 unspecified atom stereocenters. The van der Waals surface area contributed by atoms with Crippen LogP contribution in [0.3, 0.4) is 0 Å². The van der Waals surface area contributed by atoms with Crippen molar-refractivity contribution in [2.45, 2.75) is 50.5 Å². The van der Waals surface area contributed by atoms with Crippen LogP contribution in [0.2, 0.25) is 0 Å². The summed E-state index contributed by atoms with van der Waals surface area (Å²) < 4.78 is 0. The van der Waals surface area contributed by atoms with Gasteiger partial charge in [0.15, 0.2) is 0 Å². The van der Waals surface area contributed by atoms with Gasteiger partial charge in [-0.15, -0.1) is 0 Å². The Labute approximate surface area is 124 Å². The maximum absolute atomic E-state index is 12.2. The SMILES string of the molecule is O=C(N[C@H]1CC[C@@H](C(=O)O)C1)c1ccc(C2CCC2)cc1. The van der Waals surface area contributed by atoms with Crippen LogP contribution < -0.4 is 5.32 Å². The van der Waals surface area contributed by atoms with Crippen LogP contribution in [0.5, 0.6) is 0 Å². The molecule has 4 heteroatoms. The van der Waals surface area contributed by atoms with E-state index < -0.39 is 5.97 Å². The van der Waals surface area contributed by atoms with Gasteiger partial charge in [0.05, 0.1) is 5.92 Å². The Hall–Kier alpha value is -1.84. The molecule has 0 bridgehead atoms. The van der Waals surface area contributed by atoms with Crippen LogP contribution in [-0.2, 0) is 4.79 Å². The summed E-state index contributed by atoms with van der Waals surface area (Å²) in [5.74, 6) is -0.479. The van der Waals surface area contributed by atoms with Gasteiger partial charge < -0.3 is 10.4 Å². The van der Waals surface area contributed by atoms with E-state index in [1.165, 1.54) is 24.8 Å². The van der Waals surface area contributed by atoms with E-state index in [1.54, 1.807) is 0 Å². The summed E-state index contributed by atoms with van der Waals surface area (Å²) in [6.07, 6.45) is 5.76. The van der Waals surface area contributed by atoms with Gasteiger partial charge in [-0.3, -0.25) is 9.59 Å². The summed E-state index contributed by atoms with van der Waals surface area (Å²) in [5.41, 5.74) is 1.99. The van der Waals surface area contributed by atoms with Crippen molar-refractivity contribution >= 4 is 11.9 Å². The Bertz CT molecular complexity index is 533. The Kier molecular flexibility index (Phi) is 3.95. The molecule has 1 aromatic rings. The molecule has 21 heavy (non-hydrogen) atoms. The minimum Gasteiger partial charge on any atom is -0.481 e. The van der Waals surface area contributed by atoms with Crippen molar-refractivity contribution in [2.24, 2.45) is 5.92 Å². The lowest BCUT2D eigenvalue weighted by Gasteiger charge is -2.25. The van der Waals surface area contributed by atoms with Crippen LogP contribution in [0.1, 0.15) is 60.4 Å². The van der Waals surface area contributed by atoms with Crippen LogP contribution >= 0.6 is 0 Å². The summed E-state index contributed by atoms with van der Waals surface area (Å²) >= 11 is 0. The monoisotopic (exact) mass is 287 g/mol. The van der Waals surface area contributed by atoms with Crippen molar-refractivity contribution in [1.29, 1.82) is 0 Å². The first-order valence-corrected chi connectivity index (χ1v) is 7.77. The molecular weight excluding hydrogens is 266 g/mol. The summed E-state index contributed by atoms with van der Waals surface area (Å²) in [6, 6.07) is 7.85. The number of benzene rings is 1. The third-order valence-corrected chi connectivity index (χ3v) is 4.87. The number of nitrogens with one attached hydrogen (secondary N) is 1. The molecule has 0 aromatic heterocycles. The summed E-state index contributed by atoms with van der Waals surface area (Å²) in [4.78, 5) is 23.1. The second-order valence-electron chi connectivity index (χ2n) is 6.27. The largest absolute Gasteiger partial charge is 0.481 e. The minimum atomic E-state index is -0.753. The fourth-order valence-electron chi connectivity index (χ4n) is 3.25. The molecule has 0 saturated heterocycles. The van der Waals surface area contributed by atoms with Crippen molar-refractivity contribution in [3.63, 3.8) is 0 Å². The molecule has 4 nitrogen and oxygen atoms in total. The molecular formula is C17H21NO3. The molecule has 3 rings (SSSR count). The van der Waals surface area contributed by atoms with Crippen LogP contribution in [0.25, 0.3) is 0 Å². The Morgan fingerprint density at radius 3 is 2.29 bits per heavy atom. The lowest BCUT2D eigenvalue weighted by molar-refractivity contribution is -0.141. The lowest BCUT2D eigenvalue weighted by Crippen LogP contribution is -2.33. The zero-order valence-electron chi connectivity index (χ0n) is 12.0. The van der Waals surface area contributed by atoms with E-state index in [9.17, 15) is 9.59 Å². The normalized spacial score (nSPS) is 25.3. The zero-order chi connectivity index (χ0) is 14.8. The molecule has 0 aliphatic heterocycles. The second-order valence-corrected chi connectivity index (χ2v) is 6.27. The van der Waals surface area contributed by atoms with Crippen molar-refractivity contribution < 1.29 is 14.7 Å². The average Bonchev–Trinajstić information content (AvgIpc) is 2.86. The van der Waals surface area contributed by atoms with Gasteiger partial charge in [0.2, 0.25) is 0 Å². The number of hydrogen-bond donors (Lipinski definition) is 2. The maximum Gasteiger partial charge on any atom is 0.306 e. The van der Waals surface area contributed by atoms with E-state index in [0.29, 0.717) is 24.3 Å². The van der Waals surface area contributed by atoms with Crippen molar-refractivity contribution in [3.05, 3.63) is 35.4 Å².